The molecule has 0 bridgehead atoms. The molecule has 0 unspecified atom stereocenters. The number of rotatable bonds is 5. The molecule has 6 heteroatoms. The van der Waals surface area contributed by atoms with Gasteiger partial charge in [0.05, 0.1) is 22.5 Å². The Morgan fingerprint density at radius 1 is 1.03 bits per heavy atom. The highest BCUT2D eigenvalue weighted by atomic mass is 32.2. The van der Waals surface area contributed by atoms with Crippen molar-refractivity contribution in [3.63, 3.8) is 0 Å². The summed E-state index contributed by atoms with van der Waals surface area (Å²) in [7, 11) is 3.53. The number of fused-ring (bicyclic) bond motifs is 1. The van der Waals surface area contributed by atoms with Gasteiger partial charge in [-0.1, -0.05) is 30.0 Å². The number of carbonyl (C=O) groups is 1. The highest BCUT2D eigenvalue weighted by molar-refractivity contribution is 7.99. The molecule has 0 aliphatic carbocycles. The van der Waals surface area contributed by atoms with Gasteiger partial charge in [0.1, 0.15) is 0 Å². The number of benzene rings is 2. The minimum absolute atomic E-state index is 0.00216. The number of amides is 1. The SMILES string of the molecule is CN(C)C(=O)c1ccccc1Sc1ccc2c(/C=C/c3ccccn3)n[nH]c2c1. The molecule has 29 heavy (non-hydrogen) atoms. The number of H-pyrrole nitrogens is 1. The summed E-state index contributed by atoms with van der Waals surface area (Å²) >= 11 is 1.57. The van der Waals surface area contributed by atoms with Crippen LogP contribution in [0.5, 0.6) is 0 Å². The first kappa shape index (κ1) is 19.0. The van der Waals surface area contributed by atoms with Crippen LogP contribution in [0.4, 0.5) is 0 Å². The van der Waals surface area contributed by atoms with E-state index in [1.807, 2.05) is 54.6 Å². The monoisotopic (exact) mass is 400 g/mol. The van der Waals surface area contributed by atoms with Gasteiger partial charge in [-0.15, -0.1) is 0 Å². The van der Waals surface area contributed by atoms with Crippen molar-refractivity contribution in [2.45, 2.75) is 9.79 Å². The van der Waals surface area contributed by atoms with E-state index in [1.54, 1.807) is 37.0 Å². The Balaban J connectivity index is 1.60. The summed E-state index contributed by atoms with van der Waals surface area (Å²) in [6, 6.07) is 19.6. The number of aromatic amines is 1. The lowest BCUT2D eigenvalue weighted by molar-refractivity contribution is 0.0824. The van der Waals surface area contributed by atoms with Crippen LogP contribution in [0.3, 0.4) is 0 Å². The molecule has 0 fully saturated rings. The molecule has 0 aliphatic heterocycles. The fraction of sp³-hybridized carbons (Fsp3) is 0.0870. The predicted octanol–water partition coefficient (Wildman–Crippen LogP) is 4.98. The van der Waals surface area contributed by atoms with Crippen molar-refractivity contribution in [3.05, 3.63) is 83.8 Å². The predicted molar refractivity (Wildman–Crippen MR) is 118 cm³/mol. The van der Waals surface area contributed by atoms with Gasteiger partial charge in [0, 0.05) is 35.5 Å². The largest absolute Gasteiger partial charge is 0.345 e. The Morgan fingerprint density at radius 3 is 2.66 bits per heavy atom. The first-order valence-corrected chi connectivity index (χ1v) is 9.99. The number of nitrogens with one attached hydrogen (secondary N) is 1. The minimum atomic E-state index is -0.00216. The van der Waals surface area contributed by atoms with E-state index in [1.165, 1.54) is 0 Å². The average molecular weight is 401 g/mol. The van der Waals surface area contributed by atoms with Crippen LogP contribution >= 0.6 is 11.8 Å². The quantitative estimate of drug-likeness (QED) is 0.513. The Hall–Kier alpha value is -3.38. The maximum atomic E-state index is 12.4. The standard InChI is InChI=1S/C23H20N4OS/c1-27(2)23(28)19-8-3-4-9-22(19)29-17-11-12-18-20(25-26-21(18)15-17)13-10-16-7-5-6-14-24-16/h3-15H,1-2H3,(H,25,26)/b13-10+. The first-order chi connectivity index (χ1) is 14.1. The first-order valence-electron chi connectivity index (χ1n) is 9.17. The van der Waals surface area contributed by atoms with Gasteiger partial charge in [-0.05, 0) is 54.6 Å². The van der Waals surface area contributed by atoms with E-state index < -0.39 is 0 Å². The molecule has 0 radical (unpaired) electrons. The molecular formula is C23H20N4OS. The molecule has 4 aromatic rings. The summed E-state index contributed by atoms with van der Waals surface area (Å²) in [5.41, 5.74) is 3.40. The summed E-state index contributed by atoms with van der Waals surface area (Å²) in [4.78, 5) is 20.3. The van der Waals surface area contributed by atoms with Crippen molar-refractivity contribution < 1.29 is 4.79 Å². The lowest BCUT2D eigenvalue weighted by Crippen LogP contribution is -2.22. The second kappa shape index (κ2) is 8.32. The zero-order chi connectivity index (χ0) is 20.2. The molecule has 2 aromatic heterocycles. The minimum Gasteiger partial charge on any atom is -0.345 e. The summed E-state index contributed by atoms with van der Waals surface area (Å²) in [6.07, 6.45) is 5.67. The van der Waals surface area contributed by atoms with E-state index in [2.05, 4.69) is 33.4 Å². The Bertz CT molecular complexity index is 1180. The van der Waals surface area contributed by atoms with Crippen molar-refractivity contribution >= 4 is 40.7 Å². The normalized spacial score (nSPS) is 11.2. The van der Waals surface area contributed by atoms with Crippen LogP contribution in [-0.4, -0.2) is 40.1 Å². The van der Waals surface area contributed by atoms with Crippen LogP contribution in [0.25, 0.3) is 23.1 Å². The van der Waals surface area contributed by atoms with E-state index in [0.29, 0.717) is 5.56 Å². The van der Waals surface area contributed by atoms with Crippen molar-refractivity contribution in [2.75, 3.05) is 14.1 Å². The van der Waals surface area contributed by atoms with Gasteiger partial charge in [-0.2, -0.15) is 5.10 Å². The average Bonchev–Trinajstić information content (AvgIpc) is 3.15. The number of nitrogens with zero attached hydrogens (tertiary/aromatic N) is 3. The number of pyridine rings is 1. The third kappa shape index (κ3) is 4.22. The highest BCUT2D eigenvalue weighted by Gasteiger charge is 2.14. The Labute approximate surface area is 173 Å². The molecule has 144 valence electrons. The summed E-state index contributed by atoms with van der Waals surface area (Å²) in [5.74, 6) is -0.00216. The fourth-order valence-electron chi connectivity index (χ4n) is 2.95. The molecule has 0 saturated heterocycles. The Morgan fingerprint density at radius 2 is 1.86 bits per heavy atom. The third-order valence-electron chi connectivity index (χ3n) is 4.41. The molecule has 1 amide bonds. The number of hydrogen-bond acceptors (Lipinski definition) is 4. The van der Waals surface area contributed by atoms with Crippen LogP contribution in [0.15, 0.2) is 76.7 Å². The van der Waals surface area contributed by atoms with Crippen LogP contribution in [0.1, 0.15) is 21.7 Å². The summed E-state index contributed by atoms with van der Waals surface area (Å²) in [6.45, 7) is 0. The zero-order valence-corrected chi connectivity index (χ0v) is 17.0. The third-order valence-corrected chi connectivity index (χ3v) is 5.48. The van der Waals surface area contributed by atoms with Gasteiger partial charge in [-0.25, -0.2) is 0 Å². The molecule has 0 aliphatic rings. The van der Waals surface area contributed by atoms with E-state index in [0.717, 1.165) is 32.1 Å². The van der Waals surface area contributed by atoms with Crippen molar-refractivity contribution in [2.24, 2.45) is 0 Å². The maximum Gasteiger partial charge on any atom is 0.254 e. The molecule has 5 nitrogen and oxygen atoms in total. The molecule has 0 saturated carbocycles. The van der Waals surface area contributed by atoms with E-state index in [-0.39, 0.29) is 5.91 Å². The molecule has 2 aromatic carbocycles. The summed E-state index contributed by atoms with van der Waals surface area (Å²) in [5, 5.41) is 8.55. The van der Waals surface area contributed by atoms with E-state index >= 15 is 0 Å². The molecule has 0 spiro atoms. The van der Waals surface area contributed by atoms with Crippen LogP contribution in [0, 0.1) is 0 Å². The van der Waals surface area contributed by atoms with Gasteiger partial charge in [-0.3, -0.25) is 14.9 Å². The number of carbonyl (C=O) groups excluding carboxylic acids is 1. The topological polar surface area (TPSA) is 61.9 Å². The highest BCUT2D eigenvalue weighted by Crippen LogP contribution is 2.33. The van der Waals surface area contributed by atoms with Crippen LogP contribution in [0.2, 0.25) is 0 Å². The van der Waals surface area contributed by atoms with E-state index in [4.69, 9.17) is 0 Å². The van der Waals surface area contributed by atoms with Crippen molar-refractivity contribution in [1.29, 1.82) is 0 Å². The Kier molecular flexibility index (Phi) is 5.44. The van der Waals surface area contributed by atoms with Crippen LogP contribution < -0.4 is 0 Å². The smallest absolute Gasteiger partial charge is 0.254 e. The van der Waals surface area contributed by atoms with Gasteiger partial charge >= 0.3 is 0 Å². The molecule has 2 heterocycles. The molecular weight excluding hydrogens is 380 g/mol. The van der Waals surface area contributed by atoms with Gasteiger partial charge < -0.3 is 4.90 Å². The number of hydrogen-bond donors (Lipinski definition) is 1. The lowest BCUT2D eigenvalue weighted by atomic mass is 10.2. The lowest BCUT2D eigenvalue weighted by Gasteiger charge is -2.13. The van der Waals surface area contributed by atoms with Crippen molar-refractivity contribution in [1.82, 2.24) is 20.1 Å². The molecule has 1 N–H and O–H groups in total. The fourth-order valence-corrected chi connectivity index (χ4v) is 3.93. The summed E-state index contributed by atoms with van der Waals surface area (Å²) < 4.78 is 0. The second-order valence-electron chi connectivity index (χ2n) is 6.70. The van der Waals surface area contributed by atoms with Crippen LogP contribution in [-0.2, 0) is 0 Å². The number of aromatic nitrogens is 3. The van der Waals surface area contributed by atoms with Gasteiger partial charge in [0.15, 0.2) is 0 Å². The second-order valence-corrected chi connectivity index (χ2v) is 7.82. The van der Waals surface area contributed by atoms with Crippen molar-refractivity contribution in [3.8, 4) is 0 Å². The van der Waals surface area contributed by atoms with Gasteiger partial charge in [0.2, 0.25) is 0 Å². The maximum absolute atomic E-state index is 12.4. The molecule has 0 atom stereocenters. The van der Waals surface area contributed by atoms with Gasteiger partial charge in [0.25, 0.3) is 5.91 Å². The zero-order valence-electron chi connectivity index (χ0n) is 16.2. The molecule has 4 rings (SSSR count). The van der Waals surface area contributed by atoms with E-state index in [9.17, 15) is 4.79 Å².